The molecule has 0 bridgehead atoms. The van der Waals surface area contributed by atoms with Gasteiger partial charge >= 0.3 is 6.18 Å². The molecule has 1 aliphatic heterocycles. The van der Waals surface area contributed by atoms with Gasteiger partial charge in [-0.15, -0.1) is 0 Å². The van der Waals surface area contributed by atoms with Crippen molar-refractivity contribution in [2.45, 2.75) is 19.5 Å². The van der Waals surface area contributed by atoms with Crippen molar-refractivity contribution in [2.75, 3.05) is 10.2 Å². The molecule has 1 N–H and O–H groups in total. The summed E-state index contributed by atoms with van der Waals surface area (Å²) in [6.07, 6.45) is -0.456. The molecule has 2 aliphatic rings. The van der Waals surface area contributed by atoms with Crippen LogP contribution in [-0.4, -0.2) is 17.7 Å². The number of nitrogens with zero attached hydrogens (tertiary/aromatic N) is 1. The number of alkyl halides is 3. The fraction of sp³-hybridized carbons (Fsp3) is 0.261. The predicted octanol–water partition coefficient (Wildman–Crippen LogP) is 4.66. The summed E-state index contributed by atoms with van der Waals surface area (Å²) in [7, 11) is 0. The zero-order valence-electron chi connectivity index (χ0n) is 16.5. The SMILES string of the molecule is C[C@@H]1C=CC[C@H]2C(=O)N(c3ccccc3C(=O)Nc3ccccc3C(F)(F)F)C(=O)[C@@H]12. The molecule has 0 aromatic heterocycles. The van der Waals surface area contributed by atoms with Gasteiger partial charge < -0.3 is 5.32 Å². The van der Waals surface area contributed by atoms with Crippen molar-refractivity contribution in [1.82, 2.24) is 0 Å². The third kappa shape index (κ3) is 3.62. The zero-order valence-corrected chi connectivity index (χ0v) is 16.5. The van der Waals surface area contributed by atoms with Crippen molar-refractivity contribution in [2.24, 2.45) is 17.8 Å². The highest BCUT2D eigenvalue weighted by Gasteiger charge is 2.51. The van der Waals surface area contributed by atoms with Gasteiger partial charge in [0.25, 0.3) is 5.91 Å². The molecule has 1 heterocycles. The number of benzene rings is 2. The molecule has 0 saturated carbocycles. The molecule has 160 valence electrons. The van der Waals surface area contributed by atoms with E-state index in [-0.39, 0.29) is 17.2 Å². The Labute approximate surface area is 176 Å². The van der Waals surface area contributed by atoms with Crippen LogP contribution in [0, 0.1) is 17.8 Å². The van der Waals surface area contributed by atoms with Crippen LogP contribution in [-0.2, 0) is 15.8 Å². The van der Waals surface area contributed by atoms with E-state index < -0.39 is 47.0 Å². The maximum Gasteiger partial charge on any atom is 0.418 e. The minimum atomic E-state index is -4.65. The van der Waals surface area contributed by atoms with Crippen LogP contribution in [0.15, 0.2) is 60.7 Å². The molecule has 8 heteroatoms. The zero-order chi connectivity index (χ0) is 22.3. The van der Waals surface area contributed by atoms with E-state index in [9.17, 15) is 27.6 Å². The number of carbonyl (C=O) groups is 3. The van der Waals surface area contributed by atoms with Crippen molar-refractivity contribution in [3.63, 3.8) is 0 Å². The first kappa shape index (κ1) is 20.8. The third-order valence-electron chi connectivity index (χ3n) is 5.74. The highest BCUT2D eigenvalue weighted by molar-refractivity contribution is 6.25. The van der Waals surface area contributed by atoms with Crippen LogP contribution >= 0.6 is 0 Å². The Morgan fingerprint density at radius 2 is 1.71 bits per heavy atom. The van der Waals surface area contributed by atoms with E-state index in [0.717, 1.165) is 17.0 Å². The summed E-state index contributed by atoms with van der Waals surface area (Å²) in [5.74, 6) is -2.78. The second-order valence-corrected chi connectivity index (χ2v) is 7.68. The quantitative estimate of drug-likeness (QED) is 0.571. The Morgan fingerprint density at radius 3 is 2.42 bits per heavy atom. The Hall–Kier alpha value is -3.42. The molecular formula is C23H19F3N2O3. The lowest BCUT2D eigenvalue weighted by molar-refractivity contribution is -0.137. The number of nitrogens with one attached hydrogen (secondary N) is 1. The Balaban J connectivity index is 1.69. The lowest BCUT2D eigenvalue weighted by atomic mass is 9.78. The van der Waals surface area contributed by atoms with E-state index in [2.05, 4.69) is 5.32 Å². The Kier molecular flexibility index (Phi) is 5.16. The van der Waals surface area contributed by atoms with Gasteiger partial charge in [-0.25, -0.2) is 4.90 Å². The first-order chi connectivity index (χ1) is 14.7. The van der Waals surface area contributed by atoms with Gasteiger partial charge in [-0.1, -0.05) is 43.3 Å². The average molecular weight is 428 g/mol. The van der Waals surface area contributed by atoms with E-state index in [1.807, 2.05) is 19.1 Å². The lowest BCUT2D eigenvalue weighted by Gasteiger charge is -2.22. The van der Waals surface area contributed by atoms with Gasteiger partial charge in [-0.3, -0.25) is 14.4 Å². The third-order valence-corrected chi connectivity index (χ3v) is 5.74. The average Bonchev–Trinajstić information content (AvgIpc) is 2.99. The molecular weight excluding hydrogens is 409 g/mol. The van der Waals surface area contributed by atoms with Crippen molar-refractivity contribution in [3.05, 3.63) is 71.8 Å². The van der Waals surface area contributed by atoms with Gasteiger partial charge in [0.15, 0.2) is 0 Å². The monoisotopic (exact) mass is 428 g/mol. The van der Waals surface area contributed by atoms with Gasteiger partial charge in [-0.05, 0) is 36.6 Å². The minimum Gasteiger partial charge on any atom is -0.321 e. The van der Waals surface area contributed by atoms with Crippen molar-refractivity contribution in [3.8, 4) is 0 Å². The number of hydrogen-bond donors (Lipinski definition) is 1. The number of imide groups is 1. The molecule has 0 radical (unpaired) electrons. The highest BCUT2D eigenvalue weighted by atomic mass is 19.4. The highest BCUT2D eigenvalue weighted by Crippen LogP contribution is 2.41. The second-order valence-electron chi connectivity index (χ2n) is 7.68. The number of fused-ring (bicyclic) bond motifs is 1. The van der Waals surface area contributed by atoms with Crippen LogP contribution in [0.2, 0.25) is 0 Å². The summed E-state index contributed by atoms with van der Waals surface area (Å²) in [5, 5.41) is 2.28. The van der Waals surface area contributed by atoms with Gasteiger partial charge in [0.05, 0.1) is 34.3 Å². The van der Waals surface area contributed by atoms with E-state index in [0.29, 0.717) is 6.42 Å². The molecule has 4 rings (SSSR count). The number of rotatable bonds is 3. The molecule has 2 aromatic carbocycles. The standard InChI is InChI=1S/C23H19F3N2O3/c1-13-7-6-9-15-19(13)22(31)28(21(15)30)18-12-5-2-8-14(18)20(29)27-17-11-4-3-10-16(17)23(24,25)26/h2-8,10-13,15,19H,9H2,1H3,(H,27,29)/t13-,15-,19+/m1/s1. The molecule has 0 unspecified atom stereocenters. The fourth-order valence-electron chi connectivity index (χ4n) is 4.27. The molecule has 3 atom stereocenters. The van der Waals surface area contributed by atoms with Crippen molar-refractivity contribution >= 4 is 29.1 Å². The number of amides is 3. The van der Waals surface area contributed by atoms with Gasteiger partial charge in [0.2, 0.25) is 11.8 Å². The van der Waals surface area contributed by atoms with Crippen LogP contribution in [0.4, 0.5) is 24.5 Å². The Bertz CT molecular complexity index is 1090. The fourth-order valence-corrected chi connectivity index (χ4v) is 4.27. The normalized spacial score (nSPS) is 23.1. The van der Waals surface area contributed by atoms with Crippen LogP contribution < -0.4 is 10.2 Å². The molecule has 1 saturated heterocycles. The molecule has 2 aromatic rings. The maximum atomic E-state index is 13.3. The van der Waals surface area contributed by atoms with Crippen LogP contribution in [0.5, 0.6) is 0 Å². The van der Waals surface area contributed by atoms with E-state index >= 15 is 0 Å². The van der Waals surface area contributed by atoms with Gasteiger partial charge in [0.1, 0.15) is 0 Å². The smallest absolute Gasteiger partial charge is 0.321 e. The predicted molar refractivity (Wildman–Crippen MR) is 108 cm³/mol. The summed E-state index contributed by atoms with van der Waals surface area (Å²) >= 11 is 0. The topological polar surface area (TPSA) is 66.5 Å². The maximum absolute atomic E-state index is 13.3. The summed E-state index contributed by atoms with van der Waals surface area (Å²) in [5.41, 5.74) is -1.37. The molecule has 0 spiro atoms. The largest absolute Gasteiger partial charge is 0.418 e. The number of allylic oxidation sites excluding steroid dienone is 2. The van der Waals surface area contributed by atoms with Crippen molar-refractivity contribution < 1.29 is 27.6 Å². The number of anilines is 2. The van der Waals surface area contributed by atoms with Crippen LogP contribution in [0.1, 0.15) is 29.3 Å². The molecule has 3 amide bonds. The van der Waals surface area contributed by atoms with Gasteiger partial charge in [-0.2, -0.15) is 13.2 Å². The van der Waals surface area contributed by atoms with E-state index in [1.165, 1.54) is 30.3 Å². The summed E-state index contributed by atoms with van der Waals surface area (Å²) < 4.78 is 39.8. The van der Waals surface area contributed by atoms with Crippen LogP contribution in [0.3, 0.4) is 0 Å². The summed E-state index contributed by atoms with van der Waals surface area (Å²) in [4.78, 5) is 40.0. The van der Waals surface area contributed by atoms with Crippen LogP contribution in [0.25, 0.3) is 0 Å². The van der Waals surface area contributed by atoms with Gasteiger partial charge in [0, 0.05) is 0 Å². The first-order valence-corrected chi connectivity index (χ1v) is 9.81. The van der Waals surface area contributed by atoms with E-state index in [1.54, 1.807) is 6.07 Å². The molecule has 1 fully saturated rings. The number of para-hydroxylation sites is 2. The second kappa shape index (κ2) is 7.68. The summed E-state index contributed by atoms with van der Waals surface area (Å²) in [6, 6.07) is 10.6. The van der Waals surface area contributed by atoms with Crippen molar-refractivity contribution in [1.29, 1.82) is 0 Å². The van der Waals surface area contributed by atoms with E-state index in [4.69, 9.17) is 0 Å². The lowest BCUT2D eigenvalue weighted by Crippen LogP contribution is -2.33. The molecule has 31 heavy (non-hydrogen) atoms. The number of carbonyl (C=O) groups excluding carboxylic acids is 3. The number of hydrogen-bond acceptors (Lipinski definition) is 3. The minimum absolute atomic E-state index is 0.0552. The summed E-state index contributed by atoms with van der Waals surface area (Å²) in [6.45, 7) is 1.86. The molecule has 1 aliphatic carbocycles. The Morgan fingerprint density at radius 1 is 1.03 bits per heavy atom. The number of halogens is 3. The first-order valence-electron chi connectivity index (χ1n) is 9.81. The molecule has 5 nitrogen and oxygen atoms in total.